The molecule has 2 atom stereocenters. The van der Waals surface area contributed by atoms with Crippen molar-refractivity contribution in [2.45, 2.75) is 45.1 Å². The zero-order valence-electron chi connectivity index (χ0n) is 17.5. The molecule has 3 aliphatic rings. The second kappa shape index (κ2) is 8.22. The van der Waals surface area contributed by atoms with Crippen molar-refractivity contribution in [1.29, 1.82) is 0 Å². The summed E-state index contributed by atoms with van der Waals surface area (Å²) in [6.45, 7) is 8.40. The number of nitrogens with zero attached hydrogens (tertiary/aromatic N) is 3. The Morgan fingerprint density at radius 1 is 1.14 bits per heavy atom. The van der Waals surface area contributed by atoms with Gasteiger partial charge in [-0.2, -0.15) is 0 Å². The molecule has 3 amide bonds. The van der Waals surface area contributed by atoms with Crippen molar-refractivity contribution >= 4 is 17.6 Å². The lowest BCUT2D eigenvalue weighted by Gasteiger charge is -2.39. The highest BCUT2D eigenvalue weighted by Crippen LogP contribution is 2.38. The maximum atomic E-state index is 13.2. The molecule has 0 radical (unpaired) electrons. The number of para-hydroxylation sites is 2. The van der Waals surface area contributed by atoms with Crippen LogP contribution in [0, 0.1) is 5.92 Å². The van der Waals surface area contributed by atoms with E-state index in [1.807, 2.05) is 25.1 Å². The SMILES string of the molecule is CCOc1ccccc1N1CCN(CN2C(=O)N[C@@]3(CCCC[C@@H]3C)C2=O)CC1. The van der Waals surface area contributed by atoms with Crippen LogP contribution in [0.1, 0.15) is 39.5 Å². The fraction of sp³-hybridized carbons (Fsp3) is 0.636. The van der Waals surface area contributed by atoms with E-state index in [-0.39, 0.29) is 17.9 Å². The normalized spacial score (nSPS) is 28.1. The molecule has 1 aliphatic carbocycles. The fourth-order valence-electron chi connectivity index (χ4n) is 4.95. The van der Waals surface area contributed by atoms with E-state index in [2.05, 4.69) is 28.1 Å². The number of carbonyl (C=O) groups excluding carboxylic acids is 2. The molecule has 4 rings (SSSR count). The van der Waals surface area contributed by atoms with E-state index < -0.39 is 5.54 Å². The van der Waals surface area contributed by atoms with Crippen molar-refractivity contribution in [1.82, 2.24) is 15.1 Å². The quantitative estimate of drug-likeness (QED) is 0.770. The van der Waals surface area contributed by atoms with Gasteiger partial charge in [-0.05, 0) is 37.8 Å². The molecule has 0 bridgehead atoms. The molecule has 2 heterocycles. The van der Waals surface area contributed by atoms with Crippen LogP contribution in [0.4, 0.5) is 10.5 Å². The molecule has 7 nitrogen and oxygen atoms in total. The molecular formula is C22H32N4O3. The van der Waals surface area contributed by atoms with Gasteiger partial charge < -0.3 is 15.0 Å². The summed E-state index contributed by atoms with van der Waals surface area (Å²) in [5.41, 5.74) is 0.437. The number of nitrogens with one attached hydrogen (secondary N) is 1. The van der Waals surface area contributed by atoms with E-state index in [1.54, 1.807) is 0 Å². The van der Waals surface area contributed by atoms with E-state index in [4.69, 9.17) is 4.74 Å². The summed E-state index contributed by atoms with van der Waals surface area (Å²) >= 11 is 0. The van der Waals surface area contributed by atoms with Crippen LogP contribution in [0.25, 0.3) is 0 Å². The van der Waals surface area contributed by atoms with Crippen LogP contribution in [0.15, 0.2) is 24.3 Å². The number of urea groups is 1. The molecule has 0 aromatic heterocycles. The van der Waals surface area contributed by atoms with Gasteiger partial charge in [0, 0.05) is 26.2 Å². The maximum Gasteiger partial charge on any atom is 0.326 e. The molecule has 2 saturated heterocycles. The largest absolute Gasteiger partial charge is 0.492 e. The molecule has 158 valence electrons. The van der Waals surface area contributed by atoms with Gasteiger partial charge in [0.15, 0.2) is 0 Å². The van der Waals surface area contributed by atoms with Gasteiger partial charge in [-0.25, -0.2) is 9.69 Å². The van der Waals surface area contributed by atoms with Gasteiger partial charge in [0.2, 0.25) is 0 Å². The van der Waals surface area contributed by atoms with E-state index in [0.29, 0.717) is 13.3 Å². The van der Waals surface area contributed by atoms with Crippen molar-refractivity contribution in [2.24, 2.45) is 5.92 Å². The molecule has 1 aromatic carbocycles. The summed E-state index contributed by atoms with van der Waals surface area (Å²) in [5.74, 6) is 1.08. The van der Waals surface area contributed by atoms with Gasteiger partial charge in [0.1, 0.15) is 11.3 Å². The first kappa shape index (κ1) is 20.0. The number of imide groups is 1. The maximum absolute atomic E-state index is 13.2. The zero-order chi connectivity index (χ0) is 20.4. The highest BCUT2D eigenvalue weighted by molar-refractivity contribution is 6.07. The number of benzene rings is 1. The first-order valence-electron chi connectivity index (χ1n) is 10.9. The van der Waals surface area contributed by atoms with Gasteiger partial charge in [-0.1, -0.05) is 31.9 Å². The minimum absolute atomic E-state index is 0.0289. The Bertz CT molecular complexity index is 762. The fourth-order valence-corrected chi connectivity index (χ4v) is 4.95. The van der Waals surface area contributed by atoms with Crippen LogP contribution in [0.2, 0.25) is 0 Å². The number of hydrogen-bond acceptors (Lipinski definition) is 5. The number of carbonyl (C=O) groups is 2. The van der Waals surface area contributed by atoms with Crippen molar-refractivity contribution in [3.05, 3.63) is 24.3 Å². The standard InChI is InChI=1S/C22H32N4O3/c1-3-29-19-10-5-4-9-18(19)25-14-12-24(13-15-25)16-26-20(27)22(23-21(26)28)11-7-6-8-17(22)2/h4-5,9-10,17H,3,6-8,11-16H2,1-2H3,(H,23,28)/t17-,22+/m0/s1. The highest BCUT2D eigenvalue weighted by Gasteiger charge is 2.55. The molecule has 0 unspecified atom stereocenters. The molecule has 2 aliphatic heterocycles. The Morgan fingerprint density at radius 2 is 1.90 bits per heavy atom. The van der Waals surface area contributed by atoms with Gasteiger partial charge in [-0.3, -0.25) is 9.69 Å². The number of rotatable bonds is 5. The lowest BCUT2D eigenvalue weighted by Crippen LogP contribution is -2.55. The van der Waals surface area contributed by atoms with Gasteiger partial charge in [-0.15, -0.1) is 0 Å². The van der Waals surface area contributed by atoms with E-state index in [1.165, 1.54) is 4.90 Å². The summed E-state index contributed by atoms with van der Waals surface area (Å²) in [6, 6.07) is 7.88. The molecular weight excluding hydrogens is 368 g/mol. The molecule has 1 saturated carbocycles. The molecule has 3 fully saturated rings. The monoisotopic (exact) mass is 400 g/mol. The van der Waals surface area contributed by atoms with Crippen LogP contribution < -0.4 is 15.0 Å². The van der Waals surface area contributed by atoms with Crippen LogP contribution in [0.3, 0.4) is 0 Å². The second-order valence-corrected chi connectivity index (χ2v) is 8.43. The third-order valence-corrected chi connectivity index (χ3v) is 6.72. The van der Waals surface area contributed by atoms with E-state index in [0.717, 1.165) is 63.3 Å². The van der Waals surface area contributed by atoms with Gasteiger partial charge >= 0.3 is 6.03 Å². The third-order valence-electron chi connectivity index (χ3n) is 6.72. The van der Waals surface area contributed by atoms with E-state index in [9.17, 15) is 9.59 Å². The average Bonchev–Trinajstić information content (AvgIpc) is 2.96. The smallest absolute Gasteiger partial charge is 0.326 e. The summed E-state index contributed by atoms with van der Waals surface area (Å²) in [7, 11) is 0. The summed E-state index contributed by atoms with van der Waals surface area (Å²) in [4.78, 5) is 31.7. The van der Waals surface area contributed by atoms with Gasteiger partial charge in [0.05, 0.1) is 19.0 Å². The first-order chi connectivity index (χ1) is 14.0. The Hall–Kier alpha value is -2.28. The summed E-state index contributed by atoms with van der Waals surface area (Å²) in [6.07, 6.45) is 3.90. The predicted octanol–water partition coefficient (Wildman–Crippen LogP) is 2.67. The topological polar surface area (TPSA) is 65.1 Å². The Morgan fingerprint density at radius 3 is 2.62 bits per heavy atom. The molecule has 7 heteroatoms. The Balaban J connectivity index is 1.38. The van der Waals surface area contributed by atoms with Crippen molar-refractivity contribution in [3.63, 3.8) is 0 Å². The van der Waals surface area contributed by atoms with Crippen molar-refractivity contribution in [3.8, 4) is 5.75 Å². The Labute approximate surface area is 173 Å². The lowest BCUT2D eigenvalue weighted by molar-refractivity contribution is -0.135. The summed E-state index contributed by atoms with van der Waals surface area (Å²) in [5, 5.41) is 3.05. The molecule has 29 heavy (non-hydrogen) atoms. The third kappa shape index (κ3) is 3.68. The lowest BCUT2D eigenvalue weighted by atomic mass is 9.73. The highest BCUT2D eigenvalue weighted by atomic mass is 16.5. The molecule has 1 aromatic rings. The van der Waals surface area contributed by atoms with Crippen LogP contribution >= 0.6 is 0 Å². The second-order valence-electron chi connectivity index (χ2n) is 8.43. The van der Waals surface area contributed by atoms with Crippen molar-refractivity contribution in [2.75, 3.05) is 44.4 Å². The van der Waals surface area contributed by atoms with Crippen LogP contribution in [-0.4, -0.2) is 66.7 Å². The van der Waals surface area contributed by atoms with Crippen molar-refractivity contribution < 1.29 is 14.3 Å². The number of anilines is 1. The molecule has 1 spiro atoms. The van der Waals surface area contributed by atoms with Crippen LogP contribution in [-0.2, 0) is 4.79 Å². The van der Waals surface area contributed by atoms with Gasteiger partial charge in [0.25, 0.3) is 5.91 Å². The minimum Gasteiger partial charge on any atom is -0.492 e. The van der Waals surface area contributed by atoms with E-state index >= 15 is 0 Å². The summed E-state index contributed by atoms with van der Waals surface area (Å²) < 4.78 is 5.77. The first-order valence-corrected chi connectivity index (χ1v) is 10.9. The zero-order valence-corrected chi connectivity index (χ0v) is 17.5. The number of piperazine rings is 1. The number of ether oxygens (including phenoxy) is 1. The number of hydrogen-bond donors (Lipinski definition) is 1. The Kier molecular flexibility index (Phi) is 5.67. The minimum atomic E-state index is -0.673. The number of amides is 3. The van der Waals surface area contributed by atoms with Crippen LogP contribution in [0.5, 0.6) is 5.75 Å². The average molecular weight is 401 g/mol. The molecule has 1 N–H and O–H groups in total. The predicted molar refractivity (Wildman–Crippen MR) is 112 cm³/mol.